The van der Waals surface area contributed by atoms with E-state index in [1.807, 2.05) is 116 Å². The number of rotatable bonds is 8. The fourth-order valence-corrected chi connectivity index (χ4v) is 5.31. The molecule has 204 valence electrons. The third kappa shape index (κ3) is 6.41. The van der Waals surface area contributed by atoms with Crippen molar-refractivity contribution in [1.29, 1.82) is 0 Å². The number of nitrogens with one attached hydrogen (secondary N) is 1. The van der Waals surface area contributed by atoms with Gasteiger partial charge in [-0.25, -0.2) is 4.79 Å². The predicted octanol–water partition coefficient (Wildman–Crippen LogP) is 6.42. The van der Waals surface area contributed by atoms with Crippen molar-refractivity contribution in [2.24, 2.45) is 0 Å². The van der Waals surface area contributed by atoms with Crippen LogP contribution in [0.15, 0.2) is 109 Å². The Kier molecular flexibility index (Phi) is 8.89. The number of benzene rings is 4. The molecule has 6 nitrogen and oxygen atoms in total. The van der Waals surface area contributed by atoms with E-state index in [-0.39, 0.29) is 11.9 Å². The Morgan fingerprint density at radius 3 is 2.17 bits per heavy atom. The van der Waals surface area contributed by atoms with Crippen LogP contribution in [0.5, 0.6) is 0 Å². The van der Waals surface area contributed by atoms with Gasteiger partial charge in [0.25, 0.3) is 5.91 Å². The lowest BCUT2D eigenvalue weighted by atomic mass is 9.99. The summed E-state index contributed by atoms with van der Waals surface area (Å²) in [7, 11) is 0. The fraction of sp³-hybridized carbons (Fsp3) is 0.235. The molecule has 0 spiro atoms. The monoisotopic (exact) mass is 533 g/mol. The number of esters is 1. The molecule has 1 aliphatic rings. The standard InChI is InChI=1S/C34H35N3O3/c1-2-40-34(39)32(27-14-7-4-8-15-27)37-23-11-22-36(24-25-37)29-20-18-28(19-21-29)35-33(38)31-17-10-9-16-30(31)26-12-5-3-6-13-26/h3-10,12-21,32H,2,11,22-25H2,1H3,(H,35,38). The number of amides is 1. The van der Waals surface area contributed by atoms with Gasteiger partial charge in [-0.1, -0.05) is 78.9 Å². The minimum absolute atomic E-state index is 0.136. The van der Waals surface area contributed by atoms with Crippen LogP contribution in [0.2, 0.25) is 0 Å². The Labute approximate surface area is 236 Å². The number of nitrogens with zero attached hydrogens (tertiary/aromatic N) is 2. The Morgan fingerprint density at radius 2 is 1.45 bits per heavy atom. The second-order valence-electron chi connectivity index (χ2n) is 9.85. The highest BCUT2D eigenvalue weighted by molar-refractivity contribution is 6.08. The first-order valence-electron chi connectivity index (χ1n) is 13.9. The Hall–Kier alpha value is -4.42. The first-order chi connectivity index (χ1) is 19.6. The molecule has 1 fully saturated rings. The minimum Gasteiger partial charge on any atom is -0.465 e. The van der Waals surface area contributed by atoms with Crippen molar-refractivity contribution in [1.82, 2.24) is 4.90 Å². The molecular weight excluding hydrogens is 498 g/mol. The summed E-state index contributed by atoms with van der Waals surface area (Å²) in [5, 5.41) is 3.06. The number of carbonyl (C=O) groups is 2. The van der Waals surface area contributed by atoms with Gasteiger partial charge in [0.1, 0.15) is 6.04 Å². The highest BCUT2D eigenvalue weighted by Gasteiger charge is 2.30. The van der Waals surface area contributed by atoms with Crippen LogP contribution in [0.1, 0.15) is 35.3 Å². The van der Waals surface area contributed by atoms with Gasteiger partial charge in [0, 0.05) is 43.1 Å². The van der Waals surface area contributed by atoms with Crippen LogP contribution >= 0.6 is 0 Å². The molecule has 4 aromatic rings. The van der Waals surface area contributed by atoms with E-state index in [2.05, 4.69) is 15.1 Å². The summed E-state index contributed by atoms with van der Waals surface area (Å²) in [4.78, 5) is 30.7. The van der Waals surface area contributed by atoms with Crippen molar-refractivity contribution in [3.05, 3.63) is 120 Å². The first-order valence-corrected chi connectivity index (χ1v) is 13.9. The van der Waals surface area contributed by atoms with Crippen molar-refractivity contribution in [2.45, 2.75) is 19.4 Å². The number of anilines is 2. The molecule has 0 bridgehead atoms. The lowest BCUT2D eigenvalue weighted by Crippen LogP contribution is -2.38. The van der Waals surface area contributed by atoms with Crippen LogP contribution < -0.4 is 10.2 Å². The normalized spacial score (nSPS) is 14.7. The van der Waals surface area contributed by atoms with E-state index in [0.717, 1.165) is 60.7 Å². The molecule has 1 saturated heterocycles. The molecule has 1 aliphatic heterocycles. The van der Waals surface area contributed by atoms with Gasteiger partial charge in [0.05, 0.1) is 6.61 Å². The summed E-state index contributed by atoms with van der Waals surface area (Å²) < 4.78 is 5.44. The number of hydrogen-bond acceptors (Lipinski definition) is 5. The number of hydrogen-bond donors (Lipinski definition) is 1. The zero-order valence-corrected chi connectivity index (χ0v) is 22.8. The van der Waals surface area contributed by atoms with Crippen LogP contribution in [0.3, 0.4) is 0 Å². The molecule has 0 saturated carbocycles. The second-order valence-corrected chi connectivity index (χ2v) is 9.85. The van der Waals surface area contributed by atoms with Crippen molar-refractivity contribution in [3.8, 4) is 11.1 Å². The molecule has 1 heterocycles. The molecule has 1 atom stereocenters. The molecule has 1 N–H and O–H groups in total. The third-order valence-electron chi connectivity index (χ3n) is 7.27. The molecule has 0 radical (unpaired) electrons. The summed E-state index contributed by atoms with van der Waals surface area (Å²) in [6.45, 7) is 5.44. The number of ether oxygens (including phenoxy) is 1. The SMILES string of the molecule is CCOC(=O)C(c1ccccc1)N1CCCN(c2ccc(NC(=O)c3ccccc3-c3ccccc3)cc2)CC1. The maximum Gasteiger partial charge on any atom is 0.328 e. The van der Waals surface area contributed by atoms with Crippen molar-refractivity contribution in [2.75, 3.05) is 43.0 Å². The summed E-state index contributed by atoms with van der Waals surface area (Å²) in [6.07, 6.45) is 0.928. The largest absolute Gasteiger partial charge is 0.465 e. The molecule has 6 heteroatoms. The summed E-state index contributed by atoms with van der Waals surface area (Å²) in [5.74, 6) is -0.334. The Balaban J connectivity index is 1.25. The highest BCUT2D eigenvalue weighted by Crippen LogP contribution is 2.27. The summed E-state index contributed by atoms with van der Waals surface area (Å²) in [5.41, 5.74) is 5.36. The first kappa shape index (κ1) is 27.2. The van der Waals surface area contributed by atoms with Gasteiger partial charge in [-0.15, -0.1) is 0 Å². The van der Waals surface area contributed by atoms with E-state index in [9.17, 15) is 9.59 Å². The third-order valence-corrected chi connectivity index (χ3v) is 7.27. The van der Waals surface area contributed by atoms with E-state index >= 15 is 0 Å². The average molecular weight is 534 g/mol. The quantitative estimate of drug-likeness (QED) is 0.265. The molecule has 5 rings (SSSR count). The van der Waals surface area contributed by atoms with Gasteiger partial charge < -0.3 is 15.0 Å². The molecule has 1 amide bonds. The topological polar surface area (TPSA) is 61.9 Å². The van der Waals surface area contributed by atoms with Crippen molar-refractivity contribution < 1.29 is 14.3 Å². The van der Waals surface area contributed by atoms with Crippen LogP contribution in [-0.2, 0) is 9.53 Å². The predicted molar refractivity (Wildman–Crippen MR) is 160 cm³/mol. The smallest absolute Gasteiger partial charge is 0.328 e. The lowest BCUT2D eigenvalue weighted by molar-refractivity contribution is -0.149. The lowest BCUT2D eigenvalue weighted by Gasteiger charge is -2.29. The van der Waals surface area contributed by atoms with E-state index in [1.54, 1.807) is 0 Å². The van der Waals surface area contributed by atoms with Gasteiger partial charge in [-0.3, -0.25) is 9.69 Å². The molecular formula is C34H35N3O3. The van der Waals surface area contributed by atoms with Crippen molar-refractivity contribution >= 4 is 23.3 Å². The van der Waals surface area contributed by atoms with E-state index in [1.165, 1.54) is 0 Å². The molecule has 0 aliphatic carbocycles. The zero-order valence-electron chi connectivity index (χ0n) is 22.8. The Bertz CT molecular complexity index is 1410. The molecule has 4 aromatic carbocycles. The zero-order chi connectivity index (χ0) is 27.7. The average Bonchev–Trinajstić information content (AvgIpc) is 3.25. The van der Waals surface area contributed by atoms with E-state index < -0.39 is 6.04 Å². The minimum atomic E-state index is -0.405. The Morgan fingerprint density at radius 1 is 0.775 bits per heavy atom. The van der Waals surface area contributed by atoms with Crippen LogP contribution in [0, 0.1) is 0 Å². The van der Waals surface area contributed by atoms with E-state index in [4.69, 9.17) is 4.74 Å². The summed E-state index contributed by atoms with van der Waals surface area (Å²) >= 11 is 0. The van der Waals surface area contributed by atoms with Gasteiger partial charge in [0.2, 0.25) is 0 Å². The maximum absolute atomic E-state index is 13.2. The highest BCUT2D eigenvalue weighted by atomic mass is 16.5. The van der Waals surface area contributed by atoms with Crippen LogP contribution in [0.25, 0.3) is 11.1 Å². The maximum atomic E-state index is 13.2. The molecule has 0 aromatic heterocycles. The second kappa shape index (κ2) is 13.1. The van der Waals surface area contributed by atoms with Crippen LogP contribution in [0.4, 0.5) is 11.4 Å². The molecule has 1 unspecified atom stereocenters. The van der Waals surface area contributed by atoms with Gasteiger partial charge in [-0.2, -0.15) is 0 Å². The number of carbonyl (C=O) groups excluding carboxylic acids is 2. The van der Waals surface area contributed by atoms with Gasteiger partial charge in [0.15, 0.2) is 0 Å². The molecule has 40 heavy (non-hydrogen) atoms. The van der Waals surface area contributed by atoms with E-state index in [0.29, 0.717) is 12.2 Å². The van der Waals surface area contributed by atoms with Gasteiger partial charge in [-0.05, 0) is 60.4 Å². The summed E-state index contributed by atoms with van der Waals surface area (Å²) in [6, 6.07) is 35.1. The van der Waals surface area contributed by atoms with Crippen molar-refractivity contribution in [3.63, 3.8) is 0 Å². The fourth-order valence-electron chi connectivity index (χ4n) is 5.31. The van der Waals surface area contributed by atoms with Crippen LogP contribution in [-0.4, -0.2) is 49.6 Å². The van der Waals surface area contributed by atoms with Gasteiger partial charge >= 0.3 is 5.97 Å².